The van der Waals surface area contributed by atoms with E-state index in [9.17, 15) is 5.11 Å². The van der Waals surface area contributed by atoms with E-state index in [-0.39, 0.29) is 12.0 Å². The van der Waals surface area contributed by atoms with Crippen LogP contribution in [0.25, 0.3) is 0 Å². The summed E-state index contributed by atoms with van der Waals surface area (Å²) in [5, 5.41) is 9.76. The number of aliphatic hydroxyl groups is 1. The molecular weight excluding hydrogens is 320 g/mol. The van der Waals surface area contributed by atoms with Gasteiger partial charge in [0, 0.05) is 0 Å². The first-order chi connectivity index (χ1) is 12.4. The predicted molar refractivity (Wildman–Crippen MR) is 113 cm³/mol. The minimum Gasteiger partial charge on any atom is -0.481 e. The molecule has 0 aromatic carbocycles. The van der Waals surface area contributed by atoms with Crippen LogP contribution in [0, 0.1) is 11.3 Å². The number of rotatable bonds is 14. The molecule has 1 aliphatic rings. The summed E-state index contributed by atoms with van der Waals surface area (Å²) in [7, 11) is 0. The minimum atomic E-state index is 0.164. The molecule has 0 aromatic rings. The van der Waals surface area contributed by atoms with Crippen molar-refractivity contribution in [1.29, 1.82) is 0 Å². The summed E-state index contributed by atoms with van der Waals surface area (Å²) in [5.74, 6) is 0.780. The van der Waals surface area contributed by atoms with Gasteiger partial charge in [0.1, 0.15) is 6.10 Å². The first kappa shape index (κ1) is 23.4. The van der Waals surface area contributed by atoms with Gasteiger partial charge in [0.25, 0.3) is 5.95 Å². The highest BCUT2D eigenvalue weighted by Crippen LogP contribution is 2.31. The predicted octanol–water partition coefficient (Wildman–Crippen LogP) is 8.32. The number of aliphatic hydroxyl groups excluding tert-OH is 1. The van der Waals surface area contributed by atoms with Crippen molar-refractivity contribution in [2.75, 3.05) is 0 Å². The van der Waals surface area contributed by atoms with Crippen LogP contribution in [0.5, 0.6) is 0 Å². The summed E-state index contributed by atoms with van der Waals surface area (Å²) >= 11 is 0. The van der Waals surface area contributed by atoms with Gasteiger partial charge in [-0.15, -0.1) is 0 Å². The number of unbranched alkanes of at least 4 members (excludes halogenated alkanes) is 8. The summed E-state index contributed by atoms with van der Waals surface area (Å²) in [5.41, 5.74) is 0.440. The molecule has 1 aliphatic heterocycles. The van der Waals surface area contributed by atoms with Gasteiger partial charge in [-0.05, 0) is 49.5 Å². The second-order valence-corrected chi connectivity index (χ2v) is 9.61. The topological polar surface area (TPSA) is 29.5 Å². The zero-order chi connectivity index (χ0) is 19.3. The van der Waals surface area contributed by atoms with Crippen molar-refractivity contribution in [3.63, 3.8) is 0 Å². The Hall–Kier alpha value is -0.660. The molecule has 1 heterocycles. The maximum Gasteiger partial charge on any atom is 0.272 e. The van der Waals surface area contributed by atoms with Crippen LogP contribution in [0.15, 0.2) is 12.0 Å². The Bertz CT molecular complexity index is 367. The van der Waals surface area contributed by atoms with Gasteiger partial charge in [-0.3, -0.25) is 0 Å². The summed E-state index contributed by atoms with van der Waals surface area (Å²) in [6, 6.07) is 0. The largest absolute Gasteiger partial charge is 0.481 e. The van der Waals surface area contributed by atoms with Crippen LogP contribution in [0.2, 0.25) is 0 Å². The number of hydrogen-bond donors (Lipinski definition) is 1. The van der Waals surface area contributed by atoms with Gasteiger partial charge in [0.2, 0.25) is 0 Å². The molecular formula is C24H46O2. The fraction of sp³-hybridized carbons (Fsp3) is 0.917. The fourth-order valence-electron chi connectivity index (χ4n) is 4.08. The summed E-state index contributed by atoms with van der Waals surface area (Å²) in [6.45, 7) is 9.27. The smallest absolute Gasteiger partial charge is 0.272 e. The maximum absolute atomic E-state index is 9.76. The van der Waals surface area contributed by atoms with E-state index in [1.165, 1.54) is 83.5 Å². The van der Waals surface area contributed by atoms with E-state index in [4.69, 9.17) is 4.74 Å². The quantitative estimate of drug-likeness (QED) is 0.313. The van der Waals surface area contributed by atoms with Gasteiger partial charge in [-0.2, -0.15) is 0 Å². The second kappa shape index (κ2) is 13.5. The van der Waals surface area contributed by atoms with Crippen molar-refractivity contribution in [3.05, 3.63) is 12.0 Å². The van der Waals surface area contributed by atoms with Gasteiger partial charge in [0.05, 0.1) is 0 Å². The lowest BCUT2D eigenvalue weighted by Gasteiger charge is -2.30. The van der Waals surface area contributed by atoms with Crippen LogP contribution in [0.4, 0.5) is 0 Å². The Labute approximate surface area is 163 Å². The summed E-state index contributed by atoms with van der Waals surface area (Å²) < 4.78 is 5.79. The fourth-order valence-corrected chi connectivity index (χ4v) is 4.08. The zero-order valence-corrected chi connectivity index (χ0v) is 18.2. The van der Waals surface area contributed by atoms with Crippen molar-refractivity contribution in [2.45, 2.75) is 130 Å². The highest BCUT2D eigenvalue weighted by molar-refractivity contribution is 4.90. The molecule has 2 atom stereocenters. The van der Waals surface area contributed by atoms with Crippen molar-refractivity contribution in [2.24, 2.45) is 11.3 Å². The summed E-state index contributed by atoms with van der Waals surface area (Å²) in [6.07, 6.45) is 21.5. The van der Waals surface area contributed by atoms with E-state index < -0.39 is 0 Å². The molecule has 26 heavy (non-hydrogen) atoms. The van der Waals surface area contributed by atoms with E-state index in [1.807, 2.05) is 6.08 Å². The van der Waals surface area contributed by atoms with Crippen LogP contribution in [0.3, 0.4) is 0 Å². The van der Waals surface area contributed by atoms with Gasteiger partial charge in [-0.25, -0.2) is 0 Å². The molecule has 2 nitrogen and oxygen atoms in total. The number of ether oxygens (including phenoxy) is 1. The van der Waals surface area contributed by atoms with Crippen LogP contribution in [-0.2, 0) is 4.74 Å². The number of allylic oxidation sites excluding steroid dienone is 1. The average Bonchev–Trinajstić information content (AvgIpc) is 2.58. The molecule has 0 radical (unpaired) electrons. The SMILES string of the molecule is CCCCCCCCCCC(CCCCC(C)(C)C)C1CCC=C(O)O1. The molecule has 0 bridgehead atoms. The molecule has 0 amide bonds. The van der Waals surface area contributed by atoms with E-state index in [0.29, 0.717) is 11.3 Å². The van der Waals surface area contributed by atoms with E-state index >= 15 is 0 Å². The standard InChI is InChI=1S/C24H46O2/c1-5-6-7-8-9-10-11-12-16-21(17-13-14-20-24(2,3)4)22-18-15-19-23(25)26-22/h19,21-22,25H,5-18,20H2,1-4H3. The lowest BCUT2D eigenvalue weighted by molar-refractivity contribution is -0.0221. The Balaban J connectivity index is 2.28. The first-order valence-corrected chi connectivity index (χ1v) is 11.5. The van der Waals surface area contributed by atoms with E-state index in [1.54, 1.807) is 0 Å². The molecule has 154 valence electrons. The molecule has 0 aliphatic carbocycles. The molecule has 1 rings (SSSR count). The van der Waals surface area contributed by atoms with Crippen molar-refractivity contribution in [1.82, 2.24) is 0 Å². The molecule has 0 aromatic heterocycles. The summed E-state index contributed by atoms with van der Waals surface area (Å²) in [4.78, 5) is 0. The Kier molecular flexibility index (Phi) is 12.1. The van der Waals surface area contributed by atoms with Gasteiger partial charge in [-0.1, -0.05) is 91.9 Å². The first-order valence-electron chi connectivity index (χ1n) is 11.5. The lowest BCUT2D eigenvalue weighted by atomic mass is 9.84. The molecule has 0 saturated heterocycles. The van der Waals surface area contributed by atoms with Crippen LogP contribution in [-0.4, -0.2) is 11.2 Å². The Morgan fingerprint density at radius 2 is 1.54 bits per heavy atom. The van der Waals surface area contributed by atoms with Crippen LogP contribution in [0.1, 0.15) is 124 Å². The normalized spacial score (nSPS) is 19.1. The minimum absolute atomic E-state index is 0.164. The number of hydrogen-bond acceptors (Lipinski definition) is 2. The van der Waals surface area contributed by atoms with Crippen molar-refractivity contribution >= 4 is 0 Å². The molecule has 0 spiro atoms. The molecule has 0 fully saturated rings. The van der Waals surface area contributed by atoms with Crippen LogP contribution >= 0.6 is 0 Å². The van der Waals surface area contributed by atoms with Crippen LogP contribution < -0.4 is 0 Å². The van der Waals surface area contributed by atoms with Crippen molar-refractivity contribution in [3.8, 4) is 0 Å². The van der Waals surface area contributed by atoms with Gasteiger partial charge >= 0.3 is 0 Å². The molecule has 1 N–H and O–H groups in total. The Morgan fingerprint density at radius 3 is 2.12 bits per heavy atom. The maximum atomic E-state index is 9.76. The lowest BCUT2D eigenvalue weighted by Crippen LogP contribution is -2.26. The third-order valence-electron chi connectivity index (χ3n) is 5.75. The van der Waals surface area contributed by atoms with Crippen molar-refractivity contribution < 1.29 is 9.84 Å². The zero-order valence-electron chi connectivity index (χ0n) is 18.2. The second-order valence-electron chi connectivity index (χ2n) is 9.61. The van der Waals surface area contributed by atoms with E-state index in [2.05, 4.69) is 27.7 Å². The van der Waals surface area contributed by atoms with E-state index in [0.717, 1.165) is 12.8 Å². The highest BCUT2D eigenvalue weighted by atomic mass is 16.6. The third-order valence-corrected chi connectivity index (χ3v) is 5.75. The van der Waals surface area contributed by atoms with Gasteiger partial charge < -0.3 is 9.84 Å². The molecule has 2 unspecified atom stereocenters. The highest BCUT2D eigenvalue weighted by Gasteiger charge is 2.25. The molecule has 2 heteroatoms. The van der Waals surface area contributed by atoms with Gasteiger partial charge in [0.15, 0.2) is 0 Å². The monoisotopic (exact) mass is 366 g/mol. The molecule has 0 saturated carbocycles. The average molecular weight is 367 g/mol. The third kappa shape index (κ3) is 11.9. The Morgan fingerprint density at radius 1 is 0.962 bits per heavy atom.